The lowest BCUT2D eigenvalue weighted by Gasteiger charge is -2.13. The summed E-state index contributed by atoms with van der Waals surface area (Å²) in [6.07, 6.45) is 1.03. The minimum absolute atomic E-state index is 0.0837. The van der Waals surface area contributed by atoms with Crippen LogP contribution in [0.15, 0.2) is 36.4 Å². The number of rotatable bonds is 7. The lowest BCUT2D eigenvalue weighted by Crippen LogP contribution is -2.23. The minimum atomic E-state index is -0.164. The van der Waals surface area contributed by atoms with Gasteiger partial charge >= 0.3 is 0 Å². The molecule has 28 heavy (non-hydrogen) atoms. The maximum absolute atomic E-state index is 12.5. The Morgan fingerprint density at radius 1 is 1.14 bits per heavy atom. The Bertz CT molecular complexity index is 862. The molecule has 2 N–H and O–H groups in total. The van der Waals surface area contributed by atoms with Crippen molar-refractivity contribution in [1.82, 2.24) is 10.6 Å². The van der Waals surface area contributed by atoms with Crippen LogP contribution < -0.4 is 20.1 Å². The summed E-state index contributed by atoms with van der Waals surface area (Å²) in [5.74, 6) is 1.40. The molecule has 1 aliphatic rings. The van der Waals surface area contributed by atoms with E-state index in [1.165, 1.54) is 6.92 Å². The predicted octanol–water partition coefficient (Wildman–Crippen LogP) is 2.97. The van der Waals surface area contributed by atoms with E-state index in [2.05, 4.69) is 10.6 Å². The zero-order chi connectivity index (χ0) is 20.1. The fraction of sp³-hybridized carbons (Fsp3) is 0.364. The van der Waals surface area contributed by atoms with Crippen molar-refractivity contribution in [2.24, 2.45) is 0 Å². The number of fused-ring (bicyclic) bond motifs is 1. The van der Waals surface area contributed by atoms with E-state index in [0.717, 1.165) is 34.6 Å². The number of amides is 2. The van der Waals surface area contributed by atoms with Crippen LogP contribution in [0.5, 0.6) is 11.5 Å². The molecule has 2 amide bonds. The Hall–Kier alpha value is -3.02. The van der Waals surface area contributed by atoms with Gasteiger partial charge in [0.15, 0.2) is 0 Å². The van der Waals surface area contributed by atoms with Gasteiger partial charge in [-0.2, -0.15) is 0 Å². The van der Waals surface area contributed by atoms with Crippen molar-refractivity contribution in [2.45, 2.75) is 46.4 Å². The number of ether oxygens (including phenoxy) is 2. The summed E-state index contributed by atoms with van der Waals surface area (Å²) in [4.78, 5) is 23.5. The van der Waals surface area contributed by atoms with E-state index in [4.69, 9.17) is 9.47 Å². The van der Waals surface area contributed by atoms with Crippen LogP contribution in [0.25, 0.3) is 0 Å². The first-order chi connectivity index (χ1) is 13.5. The average molecular weight is 382 g/mol. The Labute approximate surface area is 165 Å². The largest absolute Gasteiger partial charge is 0.494 e. The van der Waals surface area contributed by atoms with E-state index >= 15 is 0 Å². The number of hydrogen-bond donors (Lipinski definition) is 2. The van der Waals surface area contributed by atoms with Gasteiger partial charge in [0, 0.05) is 43.1 Å². The molecule has 1 heterocycles. The second-order valence-corrected chi connectivity index (χ2v) is 6.92. The van der Waals surface area contributed by atoms with Gasteiger partial charge in [-0.3, -0.25) is 9.59 Å². The smallest absolute Gasteiger partial charge is 0.251 e. The van der Waals surface area contributed by atoms with E-state index in [9.17, 15) is 9.59 Å². The van der Waals surface area contributed by atoms with Crippen molar-refractivity contribution in [3.05, 3.63) is 58.7 Å². The van der Waals surface area contributed by atoms with Gasteiger partial charge in [0.25, 0.3) is 5.91 Å². The SMILES string of the molecule is CCOc1cc2c(cc1CNC(=O)c1ccc(CNC(C)=O)cc1)OC(C)C2. The molecule has 148 valence electrons. The summed E-state index contributed by atoms with van der Waals surface area (Å²) in [5, 5.41) is 5.68. The van der Waals surface area contributed by atoms with Gasteiger partial charge in [-0.25, -0.2) is 0 Å². The van der Waals surface area contributed by atoms with Crippen molar-refractivity contribution in [2.75, 3.05) is 6.61 Å². The second kappa shape index (κ2) is 8.78. The van der Waals surface area contributed by atoms with Crippen molar-refractivity contribution >= 4 is 11.8 Å². The fourth-order valence-corrected chi connectivity index (χ4v) is 3.19. The molecule has 6 nitrogen and oxygen atoms in total. The molecule has 0 saturated heterocycles. The van der Waals surface area contributed by atoms with Gasteiger partial charge in [-0.1, -0.05) is 12.1 Å². The maximum Gasteiger partial charge on any atom is 0.251 e. The molecule has 2 aromatic carbocycles. The molecule has 3 rings (SSSR count). The van der Waals surface area contributed by atoms with Crippen molar-refractivity contribution in [3.63, 3.8) is 0 Å². The van der Waals surface area contributed by atoms with Crippen LogP contribution in [0.4, 0.5) is 0 Å². The zero-order valence-electron chi connectivity index (χ0n) is 16.5. The van der Waals surface area contributed by atoms with E-state index in [1.807, 2.05) is 38.1 Å². The van der Waals surface area contributed by atoms with E-state index in [0.29, 0.717) is 25.3 Å². The summed E-state index contributed by atoms with van der Waals surface area (Å²) in [6, 6.07) is 11.1. The van der Waals surface area contributed by atoms with E-state index < -0.39 is 0 Å². The third kappa shape index (κ3) is 4.82. The first-order valence-electron chi connectivity index (χ1n) is 9.53. The van der Waals surface area contributed by atoms with Crippen molar-refractivity contribution < 1.29 is 19.1 Å². The highest BCUT2D eigenvalue weighted by Gasteiger charge is 2.22. The molecule has 0 spiro atoms. The lowest BCUT2D eigenvalue weighted by atomic mass is 10.1. The number of hydrogen-bond acceptors (Lipinski definition) is 4. The maximum atomic E-state index is 12.5. The molecule has 0 radical (unpaired) electrons. The van der Waals surface area contributed by atoms with Crippen molar-refractivity contribution in [3.8, 4) is 11.5 Å². The highest BCUT2D eigenvalue weighted by molar-refractivity contribution is 5.94. The molecular formula is C22H26N2O4. The topological polar surface area (TPSA) is 76.7 Å². The molecular weight excluding hydrogens is 356 g/mol. The van der Waals surface area contributed by atoms with Crippen LogP contribution in [0.3, 0.4) is 0 Å². The summed E-state index contributed by atoms with van der Waals surface area (Å²) < 4.78 is 11.6. The van der Waals surface area contributed by atoms with Crippen molar-refractivity contribution in [1.29, 1.82) is 0 Å². The van der Waals surface area contributed by atoms with Gasteiger partial charge in [0.05, 0.1) is 6.61 Å². The Morgan fingerprint density at radius 2 is 1.89 bits per heavy atom. The Balaban J connectivity index is 1.65. The van der Waals surface area contributed by atoms with E-state index in [-0.39, 0.29) is 17.9 Å². The summed E-state index contributed by atoms with van der Waals surface area (Å²) in [7, 11) is 0. The lowest BCUT2D eigenvalue weighted by molar-refractivity contribution is -0.119. The van der Waals surface area contributed by atoms with Gasteiger partial charge in [0.1, 0.15) is 17.6 Å². The Morgan fingerprint density at radius 3 is 2.57 bits per heavy atom. The van der Waals surface area contributed by atoms with Crippen LogP contribution in [-0.2, 0) is 24.3 Å². The first-order valence-corrected chi connectivity index (χ1v) is 9.53. The molecule has 1 atom stereocenters. The van der Waals surface area contributed by atoms with Crippen LogP contribution in [-0.4, -0.2) is 24.5 Å². The fourth-order valence-electron chi connectivity index (χ4n) is 3.19. The standard InChI is InChI=1S/C22H26N2O4/c1-4-27-20-10-18-9-14(2)28-21(18)11-19(20)13-24-22(26)17-7-5-16(6-8-17)12-23-15(3)25/h5-8,10-11,14H,4,9,12-13H2,1-3H3,(H,23,25)(H,24,26). The van der Waals surface area contributed by atoms with Crippen LogP contribution in [0, 0.1) is 0 Å². The third-order valence-electron chi connectivity index (χ3n) is 4.58. The number of carbonyl (C=O) groups excluding carboxylic acids is 2. The summed E-state index contributed by atoms with van der Waals surface area (Å²) in [6.45, 7) is 6.82. The number of carbonyl (C=O) groups is 2. The van der Waals surface area contributed by atoms with Crippen LogP contribution in [0.2, 0.25) is 0 Å². The normalized spacial score (nSPS) is 14.8. The monoisotopic (exact) mass is 382 g/mol. The molecule has 0 aromatic heterocycles. The van der Waals surface area contributed by atoms with Crippen LogP contribution in [0.1, 0.15) is 47.8 Å². The summed E-state index contributed by atoms with van der Waals surface area (Å²) in [5.41, 5.74) is 3.54. The van der Waals surface area contributed by atoms with E-state index in [1.54, 1.807) is 12.1 Å². The molecule has 6 heteroatoms. The molecule has 1 unspecified atom stereocenters. The summed E-state index contributed by atoms with van der Waals surface area (Å²) >= 11 is 0. The first kappa shape index (κ1) is 19.7. The molecule has 0 fully saturated rings. The molecule has 0 aliphatic carbocycles. The van der Waals surface area contributed by atoms with Crippen LogP contribution >= 0.6 is 0 Å². The number of benzene rings is 2. The highest BCUT2D eigenvalue weighted by atomic mass is 16.5. The third-order valence-corrected chi connectivity index (χ3v) is 4.58. The molecule has 0 saturated carbocycles. The molecule has 0 bridgehead atoms. The quantitative estimate of drug-likeness (QED) is 0.772. The van der Waals surface area contributed by atoms with Gasteiger partial charge in [-0.05, 0) is 43.7 Å². The second-order valence-electron chi connectivity index (χ2n) is 6.92. The van der Waals surface area contributed by atoms with Gasteiger partial charge in [0.2, 0.25) is 5.91 Å². The minimum Gasteiger partial charge on any atom is -0.494 e. The molecule has 1 aliphatic heterocycles. The van der Waals surface area contributed by atoms with Gasteiger partial charge in [-0.15, -0.1) is 0 Å². The molecule has 2 aromatic rings. The zero-order valence-corrected chi connectivity index (χ0v) is 16.5. The number of nitrogens with one attached hydrogen (secondary N) is 2. The highest BCUT2D eigenvalue weighted by Crippen LogP contribution is 2.35. The Kier molecular flexibility index (Phi) is 6.19. The predicted molar refractivity (Wildman–Crippen MR) is 107 cm³/mol. The van der Waals surface area contributed by atoms with Gasteiger partial charge < -0.3 is 20.1 Å². The average Bonchev–Trinajstić information content (AvgIpc) is 3.03.